The Kier molecular flexibility index (Phi) is 7.09. The Morgan fingerprint density at radius 1 is 0.885 bits per heavy atom. The van der Waals surface area contributed by atoms with Crippen LogP contribution >= 0.6 is 11.6 Å². The van der Waals surface area contributed by atoms with E-state index in [1.54, 1.807) is 0 Å². The van der Waals surface area contributed by atoms with E-state index in [1.807, 2.05) is 19.1 Å². The van der Waals surface area contributed by atoms with Gasteiger partial charge in [0.2, 0.25) is 0 Å². The molecule has 1 aliphatic heterocycles. The first kappa shape index (κ1) is 19.4. The van der Waals surface area contributed by atoms with Gasteiger partial charge in [0.15, 0.2) is 0 Å². The topological polar surface area (TPSA) is 26.7 Å². The van der Waals surface area contributed by atoms with Gasteiger partial charge in [0.05, 0.1) is 6.10 Å². The lowest BCUT2D eigenvalue weighted by Crippen LogP contribution is -2.48. The molecule has 1 heterocycles. The Morgan fingerprint density at radius 2 is 1.46 bits per heavy atom. The van der Waals surface area contributed by atoms with Crippen molar-refractivity contribution in [1.82, 2.24) is 9.80 Å². The molecule has 2 atom stereocenters. The van der Waals surface area contributed by atoms with Crippen LogP contribution in [-0.4, -0.2) is 60.3 Å². The molecule has 1 fully saturated rings. The molecule has 3 rings (SSSR count). The Bertz CT molecular complexity index is 652. The molecule has 2 aromatic carbocycles. The Morgan fingerprint density at radius 3 is 2.08 bits per heavy atom. The molecule has 2 aromatic rings. The lowest BCUT2D eigenvalue weighted by molar-refractivity contribution is 0.0800. The molecule has 1 saturated heterocycles. The molecule has 4 heteroatoms. The van der Waals surface area contributed by atoms with Crippen molar-refractivity contribution in [2.75, 3.05) is 39.3 Å². The molecule has 3 nitrogen and oxygen atoms in total. The van der Waals surface area contributed by atoms with Gasteiger partial charge in [-0.1, -0.05) is 54.1 Å². The first-order chi connectivity index (χ1) is 12.6. The van der Waals surface area contributed by atoms with Gasteiger partial charge in [-0.3, -0.25) is 4.90 Å². The van der Waals surface area contributed by atoms with Crippen LogP contribution in [0.5, 0.6) is 0 Å². The van der Waals surface area contributed by atoms with E-state index in [4.69, 9.17) is 11.6 Å². The SMILES string of the molecule is CC(O)CN1CCN(CCC(c2ccccc2)c2ccc(Cl)cc2)CC1. The number of rotatable bonds is 7. The summed E-state index contributed by atoms with van der Waals surface area (Å²) in [6.45, 7) is 7.98. The Hall–Kier alpha value is -1.39. The van der Waals surface area contributed by atoms with Crippen molar-refractivity contribution in [3.05, 3.63) is 70.7 Å². The van der Waals surface area contributed by atoms with E-state index < -0.39 is 0 Å². The zero-order valence-corrected chi connectivity index (χ0v) is 16.3. The maximum atomic E-state index is 9.55. The summed E-state index contributed by atoms with van der Waals surface area (Å²) >= 11 is 6.08. The second kappa shape index (κ2) is 9.52. The predicted molar refractivity (Wildman–Crippen MR) is 109 cm³/mol. The fourth-order valence-corrected chi connectivity index (χ4v) is 3.91. The highest BCUT2D eigenvalue weighted by molar-refractivity contribution is 6.30. The number of hydrogen-bond donors (Lipinski definition) is 1. The zero-order valence-electron chi connectivity index (χ0n) is 15.5. The van der Waals surface area contributed by atoms with Crippen LogP contribution in [0.2, 0.25) is 5.02 Å². The Balaban J connectivity index is 1.61. The summed E-state index contributed by atoms with van der Waals surface area (Å²) in [5.74, 6) is 0.393. The first-order valence-electron chi connectivity index (χ1n) is 9.55. The van der Waals surface area contributed by atoms with Crippen LogP contribution in [0, 0.1) is 0 Å². The quantitative estimate of drug-likeness (QED) is 0.799. The van der Waals surface area contributed by atoms with Crippen molar-refractivity contribution >= 4 is 11.6 Å². The van der Waals surface area contributed by atoms with Crippen LogP contribution in [0.4, 0.5) is 0 Å². The van der Waals surface area contributed by atoms with Crippen LogP contribution in [0.1, 0.15) is 30.4 Å². The maximum Gasteiger partial charge on any atom is 0.0639 e. The summed E-state index contributed by atoms with van der Waals surface area (Å²) in [7, 11) is 0. The summed E-state index contributed by atoms with van der Waals surface area (Å²) in [5, 5.41) is 10.3. The number of halogens is 1. The molecule has 1 N–H and O–H groups in total. The lowest BCUT2D eigenvalue weighted by Gasteiger charge is -2.36. The standard InChI is InChI=1S/C22H29ClN2O/c1-18(26)17-25-15-13-24(14-16-25)12-11-22(19-5-3-2-4-6-19)20-7-9-21(23)10-8-20/h2-10,18,22,26H,11-17H2,1H3. The van der Waals surface area contributed by atoms with Gasteiger partial charge in [-0.05, 0) is 43.1 Å². The minimum atomic E-state index is -0.242. The third-order valence-corrected chi connectivity index (χ3v) is 5.45. The van der Waals surface area contributed by atoms with Crippen LogP contribution in [0.3, 0.4) is 0 Å². The molecule has 0 radical (unpaired) electrons. The molecule has 2 unspecified atom stereocenters. The first-order valence-corrected chi connectivity index (χ1v) is 9.93. The average molecular weight is 373 g/mol. The number of piperazine rings is 1. The number of benzene rings is 2. The van der Waals surface area contributed by atoms with Gasteiger partial charge in [-0.25, -0.2) is 0 Å². The van der Waals surface area contributed by atoms with Crippen LogP contribution in [-0.2, 0) is 0 Å². The average Bonchev–Trinajstić information content (AvgIpc) is 2.65. The van der Waals surface area contributed by atoms with Gasteiger partial charge in [0, 0.05) is 43.7 Å². The van der Waals surface area contributed by atoms with Crippen molar-refractivity contribution < 1.29 is 5.11 Å². The summed E-state index contributed by atoms with van der Waals surface area (Å²) in [4.78, 5) is 4.90. The molecule has 0 amide bonds. The third kappa shape index (κ3) is 5.55. The number of aliphatic hydroxyl groups is 1. The molecule has 0 aliphatic carbocycles. The van der Waals surface area contributed by atoms with E-state index in [0.717, 1.165) is 50.7 Å². The third-order valence-electron chi connectivity index (χ3n) is 5.20. The largest absolute Gasteiger partial charge is 0.392 e. The zero-order chi connectivity index (χ0) is 18.4. The summed E-state index contributed by atoms with van der Waals surface area (Å²) in [6, 6.07) is 19.0. The van der Waals surface area contributed by atoms with E-state index >= 15 is 0 Å². The van der Waals surface area contributed by atoms with Crippen molar-refractivity contribution in [3.63, 3.8) is 0 Å². The van der Waals surface area contributed by atoms with Crippen molar-refractivity contribution in [3.8, 4) is 0 Å². The highest BCUT2D eigenvalue weighted by atomic mass is 35.5. The van der Waals surface area contributed by atoms with Gasteiger partial charge in [0.25, 0.3) is 0 Å². The predicted octanol–water partition coefficient (Wildman–Crippen LogP) is 3.86. The van der Waals surface area contributed by atoms with Gasteiger partial charge in [0.1, 0.15) is 0 Å². The van der Waals surface area contributed by atoms with Crippen molar-refractivity contribution in [1.29, 1.82) is 0 Å². The van der Waals surface area contributed by atoms with E-state index in [1.165, 1.54) is 11.1 Å². The monoisotopic (exact) mass is 372 g/mol. The van der Waals surface area contributed by atoms with Gasteiger partial charge >= 0.3 is 0 Å². The maximum absolute atomic E-state index is 9.55. The molecule has 0 bridgehead atoms. The number of nitrogens with zero attached hydrogens (tertiary/aromatic N) is 2. The number of hydrogen-bond acceptors (Lipinski definition) is 3. The van der Waals surface area contributed by atoms with E-state index in [2.05, 4.69) is 52.3 Å². The summed E-state index contributed by atoms with van der Waals surface area (Å²) < 4.78 is 0. The van der Waals surface area contributed by atoms with Crippen molar-refractivity contribution in [2.45, 2.75) is 25.4 Å². The summed E-state index contributed by atoms with van der Waals surface area (Å²) in [5.41, 5.74) is 2.69. The number of β-amino-alcohol motifs (C(OH)–C–C–N with tert-alkyl or cyclic N) is 1. The second-order valence-electron chi connectivity index (χ2n) is 7.29. The molecule has 140 valence electrons. The fourth-order valence-electron chi connectivity index (χ4n) is 3.79. The molecule has 0 aromatic heterocycles. The highest BCUT2D eigenvalue weighted by Gasteiger charge is 2.20. The van der Waals surface area contributed by atoms with E-state index in [0.29, 0.717) is 5.92 Å². The molecule has 0 saturated carbocycles. The Labute approximate surface area is 162 Å². The molecule has 1 aliphatic rings. The molecular weight excluding hydrogens is 344 g/mol. The molecule has 26 heavy (non-hydrogen) atoms. The van der Waals surface area contributed by atoms with Gasteiger partial charge in [-0.2, -0.15) is 0 Å². The molecule has 0 spiro atoms. The van der Waals surface area contributed by atoms with Crippen molar-refractivity contribution in [2.24, 2.45) is 0 Å². The lowest BCUT2D eigenvalue weighted by atomic mass is 9.88. The minimum Gasteiger partial charge on any atom is -0.392 e. The van der Waals surface area contributed by atoms with E-state index in [9.17, 15) is 5.11 Å². The minimum absolute atomic E-state index is 0.242. The normalized spacial score (nSPS) is 18.6. The smallest absolute Gasteiger partial charge is 0.0639 e. The van der Waals surface area contributed by atoms with Gasteiger partial charge in [-0.15, -0.1) is 0 Å². The number of aliphatic hydroxyl groups excluding tert-OH is 1. The molecular formula is C22H29ClN2O. The van der Waals surface area contributed by atoms with Crippen LogP contribution in [0.15, 0.2) is 54.6 Å². The summed E-state index contributed by atoms with van der Waals surface area (Å²) in [6.07, 6.45) is 0.858. The van der Waals surface area contributed by atoms with E-state index in [-0.39, 0.29) is 6.10 Å². The fraction of sp³-hybridized carbons (Fsp3) is 0.455. The highest BCUT2D eigenvalue weighted by Crippen LogP contribution is 2.29. The van der Waals surface area contributed by atoms with Crippen LogP contribution < -0.4 is 0 Å². The van der Waals surface area contributed by atoms with Crippen LogP contribution in [0.25, 0.3) is 0 Å². The second-order valence-corrected chi connectivity index (χ2v) is 7.73. The van der Waals surface area contributed by atoms with Gasteiger partial charge < -0.3 is 10.0 Å².